The van der Waals surface area contributed by atoms with Gasteiger partial charge in [0, 0.05) is 11.8 Å². The fraction of sp³-hybridized carbons (Fsp3) is 0.400. The number of carbonyl (C=O) groups is 1. The van der Waals surface area contributed by atoms with Gasteiger partial charge in [0.1, 0.15) is 16.6 Å². The summed E-state index contributed by atoms with van der Waals surface area (Å²) in [5.74, 6) is 1.14. The molecule has 4 heteroatoms. The number of hydrogen-bond donors (Lipinski definition) is 0. The molecule has 1 heterocycles. The van der Waals surface area contributed by atoms with Crippen molar-refractivity contribution in [1.82, 2.24) is 9.97 Å². The van der Waals surface area contributed by atoms with Crippen molar-refractivity contribution in [3.8, 4) is 0 Å². The highest BCUT2D eigenvalue weighted by atomic mass is 32.2. The minimum Gasteiger partial charge on any atom is -0.298 e. The highest BCUT2D eigenvalue weighted by molar-refractivity contribution is 8.00. The predicted octanol–water partition coefficient (Wildman–Crippen LogP) is 3.54. The Labute approximate surface area is 116 Å². The maximum Gasteiger partial charge on any atom is 0.146 e. The molecule has 2 aromatic rings. The zero-order valence-electron chi connectivity index (χ0n) is 10.9. The van der Waals surface area contributed by atoms with Crippen molar-refractivity contribution < 1.29 is 4.79 Å². The molecule has 1 aliphatic rings. The van der Waals surface area contributed by atoms with Crippen LogP contribution in [0.5, 0.6) is 0 Å². The quantitative estimate of drug-likeness (QED) is 0.784. The third kappa shape index (κ3) is 2.63. The molecule has 0 amide bonds. The second kappa shape index (κ2) is 5.29. The van der Waals surface area contributed by atoms with Crippen LogP contribution < -0.4 is 0 Å². The minimum atomic E-state index is 0.0754. The average molecular weight is 272 g/mol. The normalized spacial score (nSPS) is 19.8. The number of hydrogen-bond acceptors (Lipinski definition) is 4. The topological polar surface area (TPSA) is 42.9 Å². The Balaban J connectivity index is 1.97. The number of para-hydroxylation sites is 1. The van der Waals surface area contributed by atoms with Gasteiger partial charge < -0.3 is 0 Å². The van der Waals surface area contributed by atoms with Gasteiger partial charge >= 0.3 is 0 Å². The number of benzene rings is 1. The lowest BCUT2D eigenvalue weighted by Gasteiger charge is -2.20. The molecule has 0 N–H and O–H groups in total. The number of rotatable bonds is 2. The lowest BCUT2D eigenvalue weighted by molar-refractivity contribution is -0.119. The number of aromatic nitrogens is 2. The second-order valence-electron chi connectivity index (χ2n) is 4.91. The molecule has 0 bridgehead atoms. The SMILES string of the molecule is Cc1nc(S[C@H]2CCCCC2=O)c2ccccc2n1. The molecule has 0 unspecified atom stereocenters. The summed E-state index contributed by atoms with van der Waals surface area (Å²) in [5, 5.41) is 2.08. The Morgan fingerprint density at radius 1 is 1.21 bits per heavy atom. The Morgan fingerprint density at radius 3 is 2.89 bits per heavy atom. The van der Waals surface area contributed by atoms with Gasteiger partial charge in [0.25, 0.3) is 0 Å². The van der Waals surface area contributed by atoms with Crippen LogP contribution in [0.3, 0.4) is 0 Å². The Kier molecular flexibility index (Phi) is 3.51. The van der Waals surface area contributed by atoms with Crippen molar-refractivity contribution in [3.05, 3.63) is 30.1 Å². The summed E-state index contributed by atoms with van der Waals surface area (Å²) in [5.41, 5.74) is 0.959. The first-order valence-electron chi connectivity index (χ1n) is 6.67. The first-order chi connectivity index (χ1) is 9.24. The fourth-order valence-corrected chi connectivity index (χ4v) is 3.75. The predicted molar refractivity (Wildman–Crippen MR) is 77.4 cm³/mol. The molecule has 0 radical (unpaired) electrons. The molecule has 3 nitrogen and oxygen atoms in total. The van der Waals surface area contributed by atoms with E-state index in [2.05, 4.69) is 9.97 Å². The largest absolute Gasteiger partial charge is 0.298 e. The average Bonchev–Trinajstić information content (AvgIpc) is 2.41. The summed E-state index contributed by atoms with van der Waals surface area (Å²) in [7, 11) is 0. The second-order valence-corrected chi connectivity index (χ2v) is 6.10. The first kappa shape index (κ1) is 12.6. The number of Topliss-reactive ketones (excluding diaryl/α,β-unsaturated/α-hetero) is 1. The summed E-state index contributed by atoms with van der Waals surface area (Å²) < 4.78 is 0. The van der Waals surface area contributed by atoms with Crippen LogP contribution in [-0.2, 0) is 4.79 Å². The number of ketones is 1. The molecule has 1 fully saturated rings. The first-order valence-corrected chi connectivity index (χ1v) is 7.55. The maximum atomic E-state index is 12.0. The summed E-state index contributed by atoms with van der Waals surface area (Å²) in [6, 6.07) is 8.00. The highest BCUT2D eigenvalue weighted by Gasteiger charge is 2.24. The summed E-state index contributed by atoms with van der Waals surface area (Å²) in [6.07, 6.45) is 3.88. The molecule has 98 valence electrons. The van der Waals surface area contributed by atoms with E-state index < -0.39 is 0 Å². The summed E-state index contributed by atoms with van der Waals surface area (Å²) in [4.78, 5) is 20.9. The van der Waals surface area contributed by atoms with Crippen molar-refractivity contribution in [3.63, 3.8) is 0 Å². The van der Waals surface area contributed by atoms with Crippen molar-refractivity contribution >= 4 is 28.4 Å². The molecular weight excluding hydrogens is 256 g/mol. The molecule has 1 aromatic heterocycles. The van der Waals surface area contributed by atoms with E-state index >= 15 is 0 Å². The third-order valence-corrected chi connectivity index (χ3v) is 4.75. The summed E-state index contributed by atoms with van der Waals surface area (Å²) >= 11 is 1.62. The zero-order valence-corrected chi connectivity index (χ0v) is 11.7. The van der Waals surface area contributed by atoms with Gasteiger partial charge in [0.2, 0.25) is 0 Å². The van der Waals surface area contributed by atoms with Crippen LogP contribution in [0, 0.1) is 6.92 Å². The van der Waals surface area contributed by atoms with E-state index in [1.165, 1.54) is 0 Å². The van der Waals surface area contributed by atoms with Gasteiger partial charge in [-0.3, -0.25) is 4.79 Å². The Bertz CT molecular complexity index is 627. The zero-order chi connectivity index (χ0) is 13.2. The lowest BCUT2D eigenvalue weighted by Crippen LogP contribution is -2.21. The number of aryl methyl sites for hydroxylation is 1. The van der Waals surface area contributed by atoms with Crippen molar-refractivity contribution in [2.75, 3.05) is 0 Å². The van der Waals surface area contributed by atoms with Crippen LogP contribution in [-0.4, -0.2) is 21.0 Å². The van der Waals surface area contributed by atoms with Crippen molar-refractivity contribution in [2.24, 2.45) is 0 Å². The molecule has 1 atom stereocenters. The molecule has 0 aliphatic heterocycles. The fourth-order valence-electron chi connectivity index (χ4n) is 2.46. The Hall–Kier alpha value is -1.42. The molecular formula is C15H16N2OS. The van der Waals surface area contributed by atoms with E-state index in [4.69, 9.17) is 0 Å². The van der Waals surface area contributed by atoms with E-state index in [9.17, 15) is 4.79 Å². The van der Waals surface area contributed by atoms with Crippen LogP contribution in [0.4, 0.5) is 0 Å². The van der Waals surface area contributed by atoms with E-state index in [1.807, 2.05) is 31.2 Å². The molecule has 1 aliphatic carbocycles. The van der Waals surface area contributed by atoms with E-state index in [1.54, 1.807) is 11.8 Å². The van der Waals surface area contributed by atoms with Gasteiger partial charge in [0.15, 0.2) is 0 Å². The smallest absolute Gasteiger partial charge is 0.146 e. The molecule has 0 spiro atoms. The van der Waals surface area contributed by atoms with Crippen LogP contribution in [0.25, 0.3) is 10.9 Å². The van der Waals surface area contributed by atoms with Gasteiger partial charge in [0.05, 0.1) is 10.8 Å². The van der Waals surface area contributed by atoms with Gasteiger partial charge in [-0.1, -0.05) is 36.4 Å². The van der Waals surface area contributed by atoms with Crippen molar-refractivity contribution in [1.29, 1.82) is 0 Å². The monoisotopic (exact) mass is 272 g/mol. The van der Waals surface area contributed by atoms with E-state index in [-0.39, 0.29) is 5.25 Å². The van der Waals surface area contributed by atoms with Gasteiger partial charge in [-0.25, -0.2) is 9.97 Å². The Morgan fingerprint density at radius 2 is 2.05 bits per heavy atom. The van der Waals surface area contributed by atoms with Crippen molar-refractivity contribution in [2.45, 2.75) is 42.9 Å². The number of thioether (sulfide) groups is 1. The van der Waals surface area contributed by atoms with Crippen LogP contribution in [0.2, 0.25) is 0 Å². The van der Waals surface area contributed by atoms with Crippen LogP contribution in [0.15, 0.2) is 29.3 Å². The van der Waals surface area contributed by atoms with Gasteiger partial charge in [-0.15, -0.1) is 0 Å². The molecule has 1 saturated carbocycles. The molecule has 19 heavy (non-hydrogen) atoms. The van der Waals surface area contributed by atoms with E-state index in [0.29, 0.717) is 5.78 Å². The molecule has 0 saturated heterocycles. The molecule has 3 rings (SSSR count). The standard InChI is InChI=1S/C15H16N2OS/c1-10-16-12-7-3-2-6-11(12)15(17-10)19-14-9-5-4-8-13(14)18/h2-3,6-7,14H,4-5,8-9H2,1H3/t14-/m0/s1. The van der Waals surface area contributed by atoms with Gasteiger partial charge in [-0.2, -0.15) is 0 Å². The molecule has 1 aromatic carbocycles. The highest BCUT2D eigenvalue weighted by Crippen LogP contribution is 2.34. The number of carbonyl (C=O) groups excluding carboxylic acids is 1. The van der Waals surface area contributed by atoms with Gasteiger partial charge in [-0.05, 0) is 25.8 Å². The minimum absolute atomic E-state index is 0.0754. The van der Waals surface area contributed by atoms with Crippen LogP contribution >= 0.6 is 11.8 Å². The van der Waals surface area contributed by atoms with E-state index in [0.717, 1.165) is 47.4 Å². The number of fused-ring (bicyclic) bond motifs is 1. The maximum absolute atomic E-state index is 12.0. The summed E-state index contributed by atoms with van der Waals surface area (Å²) in [6.45, 7) is 1.90. The number of nitrogens with zero attached hydrogens (tertiary/aromatic N) is 2. The van der Waals surface area contributed by atoms with Crippen LogP contribution in [0.1, 0.15) is 31.5 Å². The third-order valence-electron chi connectivity index (χ3n) is 3.43. The lowest BCUT2D eigenvalue weighted by atomic mass is 9.99.